The molecule has 1 heterocycles. The molecule has 0 bridgehead atoms. The van der Waals surface area contributed by atoms with Crippen LogP contribution in [0.15, 0.2) is 30.5 Å². The van der Waals surface area contributed by atoms with Crippen LogP contribution in [-0.4, -0.2) is 26.6 Å². The van der Waals surface area contributed by atoms with Gasteiger partial charge in [-0.05, 0) is 0 Å². The summed E-state index contributed by atoms with van der Waals surface area (Å²) in [5.41, 5.74) is 1.12. The number of benzene rings is 1. The van der Waals surface area contributed by atoms with Crippen LogP contribution in [0.5, 0.6) is 4.62 Å². The summed E-state index contributed by atoms with van der Waals surface area (Å²) in [6.45, 7) is 0. The van der Waals surface area contributed by atoms with Crippen molar-refractivity contribution < 1.29 is 4.74 Å². The van der Waals surface area contributed by atoms with Gasteiger partial charge in [0.2, 0.25) is 0 Å². The van der Waals surface area contributed by atoms with Gasteiger partial charge in [-0.2, -0.15) is 0 Å². The van der Waals surface area contributed by atoms with Crippen LogP contribution in [0.1, 0.15) is 0 Å². The number of rotatable bonds is 2. The fourth-order valence-electron chi connectivity index (χ4n) is 1.08. The Balaban J connectivity index is 2.34. The molecular weight excluding hydrogens is 265 g/mol. The Bertz CT molecular complexity index is 424. The van der Waals surface area contributed by atoms with Gasteiger partial charge in [0.15, 0.2) is 0 Å². The number of halogens is 1. The van der Waals surface area contributed by atoms with E-state index in [1.54, 1.807) is 13.3 Å². The van der Waals surface area contributed by atoms with Crippen molar-refractivity contribution in [2.45, 2.75) is 0 Å². The Labute approximate surface area is 93.2 Å². The first-order valence-electron chi connectivity index (χ1n) is 4.05. The molecule has 0 fully saturated rings. The van der Waals surface area contributed by atoms with Gasteiger partial charge in [0.05, 0.1) is 0 Å². The minimum atomic E-state index is 0.197. The van der Waals surface area contributed by atoms with E-state index < -0.39 is 0 Å². The molecule has 2 nitrogen and oxygen atoms in total. The molecule has 1 aromatic carbocycles. The fourth-order valence-corrected chi connectivity index (χ4v) is 2.76. The van der Waals surface area contributed by atoms with E-state index in [-0.39, 0.29) is 14.5 Å². The van der Waals surface area contributed by atoms with Crippen molar-refractivity contribution >= 4 is 26.1 Å². The Morgan fingerprint density at radius 1 is 1.29 bits per heavy atom. The summed E-state index contributed by atoms with van der Waals surface area (Å²) in [4.78, 5) is 4.30. The number of hydrogen-bond donors (Lipinski definition) is 0. The van der Waals surface area contributed by atoms with E-state index in [4.69, 9.17) is 16.3 Å². The monoisotopic (exact) mass is 273 g/mol. The van der Waals surface area contributed by atoms with Crippen molar-refractivity contribution in [2.24, 2.45) is 0 Å². The Kier molecular flexibility index (Phi) is 2.92. The molecule has 2 aromatic rings. The summed E-state index contributed by atoms with van der Waals surface area (Å²) >= 11 is 6.00. The molecule has 0 saturated carbocycles. The summed E-state index contributed by atoms with van der Waals surface area (Å²) in [7, 11) is 1.67. The first kappa shape index (κ1) is 9.78. The van der Waals surface area contributed by atoms with Gasteiger partial charge < -0.3 is 0 Å². The standard InChI is InChI=1S/C10H8ClNOSe/c1-13-9-6-12-10(14-9)7-2-4-8(11)5-3-7/h2-6H,1H3. The molecule has 0 aliphatic rings. The molecule has 1 aromatic heterocycles. The molecule has 72 valence electrons. The second kappa shape index (κ2) is 4.18. The maximum absolute atomic E-state index is 5.80. The number of nitrogens with zero attached hydrogens (tertiary/aromatic N) is 1. The first-order chi connectivity index (χ1) is 6.79. The van der Waals surface area contributed by atoms with Gasteiger partial charge in [-0.1, -0.05) is 0 Å². The molecule has 0 N–H and O–H groups in total. The molecule has 4 heteroatoms. The van der Waals surface area contributed by atoms with E-state index in [0.717, 1.165) is 19.8 Å². The number of methoxy groups -OCH3 is 1. The van der Waals surface area contributed by atoms with Crippen molar-refractivity contribution in [1.82, 2.24) is 4.98 Å². The van der Waals surface area contributed by atoms with Crippen LogP contribution in [0, 0.1) is 0 Å². The van der Waals surface area contributed by atoms with Crippen molar-refractivity contribution in [3.05, 3.63) is 35.5 Å². The van der Waals surface area contributed by atoms with Gasteiger partial charge in [-0.25, -0.2) is 0 Å². The fraction of sp³-hybridized carbons (Fsp3) is 0.100. The Morgan fingerprint density at radius 3 is 2.57 bits per heavy atom. The van der Waals surface area contributed by atoms with Crippen LogP contribution in [0.25, 0.3) is 10.1 Å². The molecule has 0 amide bonds. The molecule has 0 unspecified atom stereocenters. The van der Waals surface area contributed by atoms with E-state index in [2.05, 4.69) is 4.98 Å². The number of hydrogen-bond acceptors (Lipinski definition) is 2. The average molecular weight is 273 g/mol. The van der Waals surface area contributed by atoms with E-state index >= 15 is 0 Å². The zero-order valence-corrected chi connectivity index (χ0v) is 10.00. The first-order valence-corrected chi connectivity index (χ1v) is 6.14. The van der Waals surface area contributed by atoms with E-state index in [9.17, 15) is 0 Å². The maximum atomic E-state index is 5.80. The zero-order valence-electron chi connectivity index (χ0n) is 7.53. The normalized spacial score (nSPS) is 10.1. The molecule has 0 atom stereocenters. The molecule has 14 heavy (non-hydrogen) atoms. The Hall–Kier alpha value is -0.761. The van der Waals surface area contributed by atoms with Gasteiger partial charge >= 0.3 is 93.2 Å². The van der Waals surface area contributed by atoms with Crippen LogP contribution in [-0.2, 0) is 0 Å². The average Bonchev–Trinajstić information content (AvgIpc) is 2.67. The van der Waals surface area contributed by atoms with Gasteiger partial charge in [-0.15, -0.1) is 0 Å². The quantitative estimate of drug-likeness (QED) is 0.784. The third-order valence-corrected chi connectivity index (χ3v) is 4.14. The van der Waals surface area contributed by atoms with Crippen LogP contribution < -0.4 is 4.74 Å². The number of aromatic nitrogens is 1. The predicted molar refractivity (Wildman–Crippen MR) is 58.2 cm³/mol. The molecule has 0 spiro atoms. The molecule has 0 saturated heterocycles. The summed E-state index contributed by atoms with van der Waals surface area (Å²) in [6, 6.07) is 7.71. The SMILES string of the molecule is COc1cnc(-c2ccc(Cl)cc2)[se]1. The van der Waals surface area contributed by atoms with Gasteiger partial charge in [0.1, 0.15) is 0 Å². The Morgan fingerprint density at radius 2 is 2.00 bits per heavy atom. The van der Waals surface area contributed by atoms with Crippen molar-refractivity contribution in [2.75, 3.05) is 7.11 Å². The van der Waals surface area contributed by atoms with Crippen LogP contribution in [0.3, 0.4) is 0 Å². The van der Waals surface area contributed by atoms with E-state index in [0.29, 0.717) is 0 Å². The van der Waals surface area contributed by atoms with Crippen LogP contribution in [0.4, 0.5) is 0 Å². The molecule has 0 aliphatic heterocycles. The topological polar surface area (TPSA) is 22.1 Å². The van der Waals surface area contributed by atoms with E-state index in [1.165, 1.54) is 0 Å². The molecule has 0 radical (unpaired) electrons. The van der Waals surface area contributed by atoms with Gasteiger partial charge in [0.25, 0.3) is 0 Å². The van der Waals surface area contributed by atoms with Crippen molar-refractivity contribution in [1.29, 1.82) is 0 Å². The zero-order chi connectivity index (χ0) is 9.97. The third-order valence-electron chi connectivity index (χ3n) is 1.78. The van der Waals surface area contributed by atoms with Crippen molar-refractivity contribution in [3.8, 4) is 14.8 Å². The minimum absolute atomic E-state index is 0.197. The van der Waals surface area contributed by atoms with Gasteiger partial charge in [0, 0.05) is 0 Å². The third kappa shape index (κ3) is 2.01. The predicted octanol–water partition coefficient (Wildman–Crippen LogP) is 2.47. The summed E-state index contributed by atoms with van der Waals surface area (Å²) in [6.07, 6.45) is 1.78. The molecule has 0 aliphatic carbocycles. The number of ether oxygens (including phenoxy) is 1. The van der Waals surface area contributed by atoms with Gasteiger partial charge in [-0.3, -0.25) is 0 Å². The summed E-state index contributed by atoms with van der Waals surface area (Å²) in [5.74, 6) is 0. The second-order valence-corrected chi connectivity index (χ2v) is 5.22. The summed E-state index contributed by atoms with van der Waals surface area (Å²) < 4.78 is 7.18. The van der Waals surface area contributed by atoms with Crippen LogP contribution in [0.2, 0.25) is 5.02 Å². The summed E-state index contributed by atoms with van der Waals surface area (Å²) in [5, 5.41) is 0.750. The van der Waals surface area contributed by atoms with Crippen molar-refractivity contribution in [3.63, 3.8) is 0 Å². The van der Waals surface area contributed by atoms with E-state index in [1.807, 2.05) is 24.3 Å². The molecule has 2 rings (SSSR count). The molecular formula is C10H8ClNOSe. The van der Waals surface area contributed by atoms with Crippen LogP contribution >= 0.6 is 11.6 Å². The second-order valence-electron chi connectivity index (χ2n) is 2.70.